The Morgan fingerprint density at radius 1 is 1.29 bits per heavy atom. The molecule has 21 heavy (non-hydrogen) atoms. The number of methoxy groups -OCH3 is 1. The molecular formula is C13H18N2O5S. The fourth-order valence-corrected chi connectivity index (χ4v) is 3.37. The number of nitrogens with one attached hydrogen (secondary N) is 1. The van der Waals surface area contributed by atoms with E-state index in [-0.39, 0.29) is 11.4 Å². The monoisotopic (exact) mass is 314 g/mol. The van der Waals surface area contributed by atoms with Gasteiger partial charge in [-0.05, 0) is 17.7 Å². The number of carbonyl (C=O) groups excluding carboxylic acids is 1. The number of hydrogen-bond donors (Lipinski definition) is 1. The van der Waals surface area contributed by atoms with Crippen LogP contribution in [0.5, 0.6) is 0 Å². The van der Waals surface area contributed by atoms with Crippen LogP contribution in [0.15, 0.2) is 29.2 Å². The van der Waals surface area contributed by atoms with Crippen LogP contribution in [0, 0.1) is 0 Å². The summed E-state index contributed by atoms with van der Waals surface area (Å²) in [6, 6.07) is 6.42. The first-order chi connectivity index (χ1) is 10.0. The van der Waals surface area contributed by atoms with Crippen molar-refractivity contribution in [3.05, 3.63) is 29.8 Å². The van der Waals surface area contributed by atoms with Crippen molar-refractivity contribution >= 4 is 16.1 Å². The van der Waals surface area contributed by atoms with Crippen LogP contribution in [0.25, 0.3) is 0 Å². The number of nitrogens with zero attached hydrogens (tertiary/aromatic N) is 1. The number of hydrogen-bond acceptors (Lipinski definition) is 5. The normalized spacial score (nSPS) is 16.4. The Morgan fingerprint density at radius 3 is 2.48 bits per heavy atom. The first-order valence-corrected chi connectivity index (χ1v) is 7.96. The Hall–Kier alpha value is -1.64. The highest BCUT2D eigenvalue weighted by Gasteiger charge is 2.25. The van der Waals surface area contributed by atoms with Crippen LogP contribution < -0.4 is 5.32 Å². The third kappa shape index (κ3) is 3.93. The van der Waals surface area contributed by atoms with Gasteiger partial charge in [0.25, 0.3) is 0 Å². The van der Waals surface area contributed by atoms with Crippen molar-refractivity contribution in [2.45, 2.75) is 11.4 Å². The number of amides is 1. The van der Waals surface area contributed by atoms with E-state index >= 15 is 0 Å². The zero-order valence-corrected chi connectivity index (χ0v) is 12.6. The maximum absolute atomic E-state index is 12.4. The molecular weight excluding hydrogens is 296 g/mol. The van der Waals surface area contributed by atoms with Crippen LogP contribution in [0.2, 0.25) is 0 Å². The Labute approximate surface area is 123 Å². The Morgan fingerprint density at radius 2 is 1.90 bits per heavy atom. The fraction of sp³-hybridized carbons (Fsp3) is 0.462. The van der Waals surface area contributed by atoms with Crippen molar-refractivity contribution in [2.75, 3.05) is 33.4 Å². The molecule has 0 radical (unpaired) electrons. The van der Waals surface area contributed by atoms with Gasteiger partial charge in [0, 0.05) is 19.6 Å². The predicted molar refractivity (Wildman–Crippen MR) is 75.3 cm³/mol. The summed E-state index contributed by atoms with van der Waals surface area (Å²) in [7, 11) is -2.19. The molecule has 0 unspecified atom stereocenters. The molecule has 0 saturated carbocycles. The van der Waals surface area contributed by atoms with Crippen molar-refractivity contribution in [3.8, 4) is 0 Å². The maximum Gasteiger partial charge on any atom is 0.407 e. The van der Waals surface area contributed by atoms with Crippen molar-refractivity contribution < 1.29 is 22.7 Å². The van der Waals surface area contributed by atoms with Crippen LogP contribution in [-0.4, -0.2) is 52.2 Å². The highest BCUT2D eigenvalue weighted by atomic mass is 32.2. The lowest BCUT2D eigenvalue weighted by Gasteiger charge is -2.26. The van der Waals surface area contributed by atoms with E-state index in [1.807, 2.05) is 0 Å². The molecule has 1 aromatic carbocycles. The second-order valence-electron chi connectivity index (χ2n) is 4.51. The van der Waals surface area contributed by atoms with E-state index in [0.29, 0.717) is 26.3 Å². The average molecular weight is 314 g/mol. The number of benzene rings is 1. The summed E-state index contributed by atoms with van der Waals surface area (Å²) < 4.78 is 35.8. The van der Waals surface area contributed by atoms with Crippen molar-refractivity contribution in [3.63, 3.8) is 0 Å². The van der Waals surface area contributed by atoms with Crippen LogP contribution in [0.3, 0.4) is 0 Å². The zero-order valence-electron chi connectivity index (χ0n) is 11.7. The van der Waals surface area contributed by atoms with Crippen LogP contribution in [0.1, 0.15) is 5.56 Å². The lowest BCUT2D eigenvalue weighted by atomic mass is 10.2. The van der Waals surface area contributed by atoms with Gasteiger partial charge >= 0.3 is 6.09 Å². The SMILES string of the molecule is COC(=O)NCc1ccc(S(=O)(=O)N2CCOCC2)cc1. The number of alkyl carbamates (subject to hydrolysis) is 1. The smallest absolute Gasteiger partial charge is 0.407 e. The largest absolute Gasteiger partial charge is 0.453 e. The van der Waals surface area contributed by atoms with Crippen molar-refractivity contribution in [1.29, 1.82) is 0 Å². The van der Waals surface area contributed by atoms with Crippen molar-refractivity contribution in [2.24, 2.45) is 0 Å². The molecule has 0 bridgehead atoms. The van der Waals surface area contributed by atoms with Gasteiger partial charge in [-0.2, -0.15) is 4.31 Å². The third-order valence-electron chi connectivity index (χ3n) is 3.15. The molecule has 0 aliphatic carbocycles. The second kappa shape index (κ2) is 6.88. The summed E-state index contributed by atoms with van der Waals surface area (Å²) in [5.41, 5.74) is 0.793. The van der Waals surface area contributed by atoms with E-state index in [4.69, 9.17) is 4.74 Å². The summed E-state index contributed by atoms with van der Waals surface area (Å²) in [5.74, 6) is 0. The maximum atomic E-state index is 12.4. The topological polar surface area (TPSA) is 84.9 Å². The van der Waals surface area contributed by atoms with Gasteiger partial charge in [-0.15, -0.1) is 0 Å². The summed E-state index contributed by atoms with van der Waals surface area (Å²) in [4.78, 5) is 11.2. The summed E-state index contributed by atoms with van der Waals surface area (Å²) in [5, 5.41) is 2.53. The average Bonchev–Trinajstić information content (AvgIpc) is 2.53. The molecule has 1 saturated heterocycles. The number of sulfonamides is 1. The fourth-order valence-electron chi connectivity index (χ4n) is 1.96. The Kier molecular flexibility index (Phi) is 5.16. The molecule has 7 nitrogen and oxygen atoms in total. The molecule has 116 valence electrons. The quantitative estimate of drug-likeness (QED) is 0.878. The molecule has 2 rings (SSSR count). The van der Waals surface area contributed by atoms with E-state index in [0.717, 1.165) is 5.56 Å². The molecule has 1 N–H and O–H groups in total. The molecule has 8 heteroatoms. The van der Waals surface area contributed by atoms with Gasteiger partial charge in [-0.1, -0.05) is 12.1 Å². The Bertz CT molecular complexity index is 579. The number of ether oxygens (including phenoxy) is 2. The molecule has 0 atom stereocenters. The lowest BCUT2D eigenvalue weighted by Crippen LogP contribution is -2.40. The van der Waals surface area contributed by atoms with E-state index in [1.165, 1.54) is 11.4 Å². The van der Waals surface area contributed by atoms with Gasteiger partial charge in [0.1, 0.15) is 0 Å². The highest BCUT2D eigenvalue weighted by Crippen LogP contribution is 2.17. The van der Waals surface area contributed by atoms with Gasteiger partial charge in [0.15, 0.2) is 0 Å². The molecule has 1 amide bonds. The van der Waals surface area contributed by atoms with Gasteiger partial charge in [0.05, 0.1) is 25.2 Å². The standard InChI is InChI=1S/C13H18N2O5S/c1-19-13(16)14-10-11-2-4-12(5-3-11)21(17,18)15-6-8-20-9-7-15/h2-5H,6-10H2,1H3,(H,14,16). The molecule has 0 aromatic heterocycles. The molecule has 1 aromatic rings. The van der Waals surface area contributed by atoms with Crippen molar-refractivity contribution in [1.82, 2.24) is 9.62 Å². The van der Waals surface area contributed by atoms with Gasteiger partial charge < -0.3 is 14.8 Å². The summed E-state index contributed by atoms with van der Waals surface area (Å²) >= 11 is 0. The van der Waals surface area contributed by atoms with E-state index < -0.39 is 16.1 Å². The molecule has 1 aliphatic rings. The van der Waals surface area contributed by atoms with E-state index in [9.17, 15) is 13.2 Å². The van der Waals surface area contributed by atoms with Gasteiger partial charge in [-0.25, -0.2) is 13.2 Å². The highest BCUT2D eigenvalue weighted by molar-refractivity contribution is 7.89. The second-order valence-corrected chi connectivity index (χ2v) is 6.44. The van der Waals surface area contributed by atoms with Crippen LogP contribution in [0.4, 0.5) is 4.79 Å². The summed E-state index contributed by atoms with van der Waals surface area (Å²) in [6.07, 6.45) is -0.528. The Balaban J connectivity index is 2.05. The minimum atomic E-state index is -3.47. The van der Waals surface area contributed by atoms with Gasteiger partial charge in [0.2, 0.25) is 10.0 Å². The lowest BCUT2D eigenvalue weighted by molar-refractivity contribution is 0.0730. The minimum absolute atomic E-state index is 0.242. The zero-order chi connectivity index (χ0) is 15.3. The van der Waals surface area contributed by atoms with E-state index in [2.05, 4.69) is 10.1 Å². The number of morpholine rings is 1. The minimum Gasteiger partial charge on any atom is -0.453 e. The van der Waals surface area contributed by atoms with Gasteiger partial charge in [-0.3, -0.25) is 0 Å². The number of rotatable bonds is 4. The third-order valence-corrected chi connectivity index (χ3v) is 5.07. The first kappa shape index (κ1) is 15.7. The van der Waals surface area contributed by atoms with E-state index in [1.54, 1.807) is 24.3 Å². The predicted octanol–water partition coefficient (Wildman–Crippen LogP) is 0.563. The molecule has 1 heterocycles. The van der Waals surface area contributed by atoms with Crippen LogP contribution >= 0.6 is 0 Å². The first-order valence-electron chi connectivity index (χ1n) is 6.52. The summed E-state index contributed by atoms with van der Waals surface area (Å²) in [6.45, 7) is 1.85. The molecule has 1 fully saturated rings. The number of carbonyl (C=O) groups is 1. The van der Waals surface area contributed by atoms with Crippen LogP contribution in [-0.2, 0) is 26.0 Å². The molecule has 1 aliphatic heterocycles. The molecule has 0 spiro atoms.